The normalized spacial score (nSPS) is 11.1. The van der Waals surface area contributed by atoms with Gasteiger partial charge in [0.2, 0.25) is 0 Å². The standard InChI is InChI=1S/C28H23F3N4O3/c29-28(30,31)20-11-13-23(19-7-2-1-3-8-19)24(17-20)27(36)34-22-12-14-25(26(18-22)35(37)38)33-16-6-10-21-9-4-5-15-32-21/h1-5,7-9,11-15,17-18,33H,6,10,16H2,(H,34,36). The van der Waals surface area contributed by atoms with Crippen LogP contribution in [0, 0.1) is 10.1 Å². The Morgan fingerprint density at radius 1 is 0.947 bits per heavy atom. The fourth-order valence-electron chi connectivity index (χ4n) is 3.92. The quantitative estimate of drug-likeness (QED) is 0.141. The zero-order chi connectivity index (χ0) is 27.1. The molecule has 1 aromatic heterocycles. The van der Waals surface area contributed by atoms with Crippen molar-refractivity contribution in [3.05, 3.63) is 118 Å². The van der Waals surface area contributed by atoms with Crippen molar-refractivity contribution in [2.45, 2.75) is 19.0 Å². The summed E-state index contributed by atoms with van der Waals surface area (Å²) < 4.78 is 40.2. The van der Waals surface area contributed by atoms with Gasteiger partial charge in [0.1, 0.15) is 5.69 Å². The highest BCUT2D eigenvalue weighted by molar-refractivity contribution is 6.09. The number of nitro groups is 1. The van der Waals surface area contributed by atoms with E-state index in [2.05, 4.69) is 15.6 Å². The summed E-state index contributed by atoms with van der Waals surface area (Å²) in [6.07, 6.45) is -1.57. The second-order valence-corrected chi connectivity index (χ2v) is 8.42. The highest BCUT2D eigenvalue weighted by Gasteiger charge is 2.32. The van der Waals surface area contributed by atoms with Crippen molar-refractivity contribution in [1.29, 1.82) is 0 Å². The van der Waals surface area contributed by atoms with Crippen molar-refractivity contribution in [2.75, 3.05) is 17.2 Å². The largest absolute Gasteiger partial charge is 0.416 e. The van der Waals surface area contributed by atoms with Gasteiger partial charge in [-0.2, -0.15) is 13.2 Å². The third kappa shape index (κ3) is 6.52. The maximum absolute atomic E-state index is 13.4. The van der Waals surface area contributed by atoms with Gasteiger partial charge in [-0.1, -0.05) is 42.5 Å². The second kappa shape index (κ2) is 11.5. The van der Waals surface area contributed by atoms with Crippen LogP contribution < -0.4 is 10.6 Å². The SMILES string of the molecule is O=C(Nc1ccc(NCCCc2ccccn2)c([N+](=O)[O-])c1)c1cc(C(F)(F)F)ccc1-c1ccccc1. The minimum Gasteiger partial charge on any atom is -0.379 e. The van der Waals surface area contributed by atoms with E-state index in [1.807, 2.05) is 18.2 Å². The molecule has 1 heterocycles. The third-order valence-electron chi connectivity index (χ3n) is 5.78. The van der Waals surface area contributed by atoms with Crippen LogP contribution in [0.3, 0.4) is 0 Å². The summed E-state index contributed by atoms with van der Waals surface area (Å²) in [5, 5.41) is 17.2. The summed E-state index contributed by atoms with van der Waals surface area (Å²) in [7, 11) is 0. The van der Waals surface area contributed by atoms with Gasteiger partial charge in [0.25, 0.3) is 11.6 Å². The first-order valence-electron chi connectivity index (χ1n) is 11.7. The van der Waals surface area contributed by atoms with Gasteiger partial charge < -0.3 is 10.6 Å². The molecule has 0 unspecified atom stereocenters. The van der Waals surface area contributed by atoms with Crippen molar-refractivity contribution in [3.8, 4) is 11.1 Å². The zero-order valence-corrected chi connectivity index (χ0v) is 20.0. The van der Waals surface area contributed by atoms with Gasteiger partial charge in [0.05, 0.1) is 10.5 Å². The molecule has 0 spiro atoms. The molecule has 0 bridgehead atoms. The molecule has 3 aromatic carbocycles. The number of pyridine rings is 1. The van der Waals surface area contributed by atoms with Gasteiger partial charge in [-0.05, 0) is 60.4 Å². The van der Waals surface area contributed by atoms with Crippen molar-refractivity contribution in [2.24, 2.45) is 0 Å². The number of carbonyl (C=O) groups excluding carboxylic acids is 1. The number of aromatic nitrogens is 1. The Bertz CT molecular complexity index is 1430. The number of nitro benzene ring substituents is 1. The van der Waals surface area contributed by atoms with E-state index in [9.17, 15) is 28.1 Å². The van der Waals surface area contributed by atoms with Crippen LogP contribution in [0.25, 0.3) is 11.1 Å². The molecule has 0 fully saturated rings. The van der Waals surface area contributed by atoms with Gasteiger partial charge in [-0.3, -0.25) is 19.9 Å². The molecule has 1 amide bonds. The first kappa shape index (κ1) is 26.3. The molecule has 0 atom stereocenters. The molecule has 4 rings (SSSR count). The molecule has 0 saturated carbocycles. The predicted octanol–water partition coefficient (Wildman–Crippen LogP) is 6.97. The molecule has 0 radical (unpaired) electrons. The van der Waals surface area contributed by atoms with Crippen LogP contribution in [0.1, 0.15) is 28.0 Å². The number of carbonyl (C=O) groups is 1. The molecular formula is C28H23F3N4O3. The fourth-order valence-corrected chi connectivity index (χ4v) is 3.92. The Morgan fingerprint density at radius 2 is 1.71 bits per heavy atom. The topological polar surface area (TPSA) is 97.2 Å². The summed E-state index contributed by atoms with van der Waals surface area (Å²) in [4.78, 5) is 28.5. The lowest BCUT2D eigenvalue weighted by Crippen LogP contribution is -2.16. The van der Waals surface area contributed by atoms with Crippen molar-refractivity contribution < 1.29 is 22.9 Å². The Kier molecular flexibility index (Phi) is 8.00. The molecule has 4 aromatic rings. The highest BCUT2D eigenvalue weighted by Crippen LogP contribution is 2.34. The molecule has 7 nitrogen and oxygen atoms in total. The van der Waals surface area contributed by atoms with Crippen LogP contribution in [0.5, 0.6) is 0 Å². The minimum absolute atomic E-state index is 0.0807. The van der Waals surface area contributed by atoms with E-state index in [4.69, 9.17) is 0 Å². The number of benzene rings is 3. The maximum atomic E-state index is 13.4. The molecule has 0 aliphatic heterocycles. The number of alkyl halides is 3. The number of amides is 1. The van der Waals surface area contributed by atoms with Crippen molar-refractivity contribution >= 4 is 23.0 Å². The van der Waals surface area contributed by atoms with Crippen LogP contribution in [-0.4, -0.2) is 22.4 Å². The number of nitrogens with zero attached hydrogens (tertiary/aromatic N) is 2. The van der Waals surface area contributed by atoms with Crippen LogP contribution in [0.4, 0.5) is 30.2 Å². The van der Waals surface area contributed by atoms with E-state index in [0.29, 0.717) is 30.5 Å². The maximum Gasteiger partial charge on any atom is 0.416 e. The summed E-state index contributed by atoms with van der Waals surface area (Å²) in [5.41, 5.74) is 0.665. The van der Waals surface area contributed by atoms with Crippen molar-refractivity contribution in [3.63, 3.8) is 0 Å². The first-order valence-corrected chi connectivity index (χ1v) is 11.7. The molecule has 10 heteroatoms. The lowest BCUT2D eigenvalue weighted by molar-refractivity contribution is -0.383. The number of aryl methyl sites for hydroxylation is 1. The van der Waals surface area contributed by atoms with Crippen LogP contribution in [0.15, 0.2) is 91.1 Å². The molecule has 0 aliphatic carbocycles. The summed E-state index contributed by atoms with van der Waals surface area (Å²) in [6, 6.07) is 21.2. The van der Waals surface area contributed by atoms with E-state index >= 15 is 0 Å². The monoisotopic (exact) mass is 520 g/mol. The number of anilines is 2. The summed E-state index contributed by atoms with van der Waals surface area (Å²) >= 11 is 0. The zero-order valence-electron chi connectivity index (χ0n) is 20.0. The number of hydrogen-bond acceptors (Lipinski definition) is 5. The Labute approximate surface area is 216 Å². The van der Waals surface area contributed by atoms with Gasteiger partial charge >= 0.3 is 6.18 Å². The Morgan fingerprint density at radius 3 is 2.39 bits per heavy atom. The smallest absolute Gasteiger partial charge is 0.379 e. The second-order valence-electron chi connectivity index (χ2n) is 8.42. The average molecular weight is 521 g/mol. The number of nitrogens with one attached hydrogen (secondary N) is 2. The van der Waals surface area contributed by atoms with Gasteiger partial charge in [0, 0.05) is 35.8 Å². The van der Waals surface area contributed by atoms with Crippen LogP contribution >= 0.6 is 0 Å². The van der Waals surface area contributed by atoms with Crippen molar-refractivity contribution in [1.82, 2.24) is 4.98 Å². The third-order valence-corrected chi connectivity index (χ3v) is 5.78. The average Bonchev–Trinajstić information content (AvgIpc) is 2.91. The number of hydrogen-bond donors (Lipinski definition) is 2. The Hall–Kier alpha value is -4.73. The van der Waals surface area contributed by atoms with E-state index in [1.165, 1.54) is 24.3 Å². The van der Waals surface area contributed by atoms with E-state index in [-0.39, 0.29) is 22.6 Å². The number of halogens is 3. The molecule has 2 N–H and O–H groups in total. The van der Waals surface area contributed by atoms with E-state index in [1.54, 1.807) is 36.5 Å². The highest BCUT2D eigenvalue weighted by atomic mass is 19.4. The van der Waals surface area contributed by atoms with Crippen LogP contribution in [0.2, 0.25) is 0 Å². The molecule has 0 aliphatic rings. The van der Waals surface area contributed by atoms with Gasteiger partial charge in [0.15, 0.2) is 0 Å². The molecule has 0 saturated heterocycles. The Balaban J connectivity index is 1.54. The number of rotatable bonds is 9. The first-order chi connectivity index (χ1) is 18.2. The van der Waals surface area contributed by atoms with E-state index < -0.39 is 22.6 Å². The molecule has 194 valence electrons. The summed E-state index contributed by atoms with van der Waals surface area (Å²) in [5.74, 6) is -0.819. The fraction of sp³-hybridized carbons (Fsp3) is 0.143. The molecular weight excluding hydrogens is 497 g/mol. The predicted molar refractivity (Wildman–Crippen MR) is 139 cm³/mol. The van der Waals surface area contributed by atoms with E-state index in [0.717, 1.165) is 17.8 Å². The molecule has 38 heavy (non-hydrogen) atoms. The summed E-state index contributed by atoms with van der Waals surface area (Å²) in [6.45, 7) is 0.452. The van der Waals surface area contributed by atoms with Gasteiger partial charge in [-0.25, -0.2) is 0 Å². The van der Waals surface area contributed by atoms with Gasteiger partial charge in [-0.15, -0.1) is 0 Å². The minimum atomic E-state index is -4.65. The lowest BCUT2D eigenvalue weighted by atomic mass is 9.96. The lowest BCUT2D eigenvalue weighted by Gasteiger charge is -2.15. The van der Waals surface area contributed by atoms with Crippen LogP contribution in [-0.2, 0) is 12.6 Å².